The van der Waals surface area contributed by atoms with Gasteiger partial charge in [-0.1, -0.05) is 37.7 Å². The van der Waals surface area contributed by atoms with Gasteiger partial charge in [0.25, 0.3) is 0 Å². The third-order valence-corrected chi connectivity index (χ3v) is 7.70. The first kappa shape index (κ1) is 26.2. The highest BCUT2D eigenvalue weighted by molar-refractivity contribution is 7.99. The molecule has 0 saturated carbocycles. The first-order valence-corrected chi connectivity index (χ1v) is 13.6. The molecule has 1 aliphatic rings. The molecular weight excluding hydrogens is 500 g/mol. The molecular formula is C25H30N4O5S2. The van der Waals surface area contributed by atoms with Gasteiger partial charge in [0.05, 0.1) is 32.6 Å². The fraction of sp³-hybridized carbons (Fsp3) is 0.440. The quantitative estimate of drug-likeness (QED) is 0.293. The van der Waals surface area contributed by atoms with Crippen LogP contribution in [0.1, 0.15) is 48.8 Å². The lowest BCUT2D eigenvalue weighted by molar-refractivity contribution is -0.113. The summed E-state index contributed by atoms with van der Waals surface area (Å²) in [6.07, 6.45) is 2.19. The molecule has 4 rings (SSSR count). The highest BCUT2D eigenvalue weighted by atomic mass is 32.2. The fourth-order valence-corrected chi connectivity index (χ4v) is 5.76. The van der Waals surface area contributed by atoms with E-state index in [-0.39, 0.29) is 23.7 Å². The topological polar surface area (TPSA) is 105 Å². The van der Waals surface area contributed by atoms with Crippen LogP contribution in [0.3, 0.4) is 0 Å². The minimum absolute atomic E-state index is 0.123. The first-order valence-electron chi connectivity index (χ1n) is 11.7. The van der Waals surface area contributed by atoms with E-state index in [4.69, 9.17) is 14.2 Å². The Morgan fingerprint density at radius 1 is 1.25 bits per heavy atom. The Bertz CT molecular complexity index is 1200. The predicted molar refractivity (Wildman–Crippen MR) is 140 cm³/mol. The Balaban J connectivity index is 1.48. The number of methoxy groups -OCH3 is 2. The van der Waals surface area contributed by atoms with Gasteiger partial charge in [0.15, 0.2) is 5.16 Å². The maximum Gasteiger partial charge on any atom is 0.341 e. The number of hydrogen-bond donors (Lipinski definition) is 1. The molecule has 1 saturated heterocycles. The minimum Gasteiger partial charge on any atom is -0.497 e. The van der Waals surface area contributed by atoms with Crippen molar-refractivity contribution in [1.82, 2.24) is 14.8 Å². The van der Waals surface area contributed by atoms with E-state index >= 15 is 0 Å². The van der Waals surface area contributed by atoms with E-state index in [1.54, 1.807) is 7.11 Å². The molecule has 11 heteroatoms. The van der Waals surface area contributed by atoms with E-state index in [1.807, 2.05) is 29.6 Å². The predicted octanol–water partition coefficient (Wildman–Crippen LogP) is 4.84. The zero-order valence-electron chi connectivity index (χ0n) is 20.8. The van der Waals surface area contributed by atoms with Crippen molar-refractivity contribution in [3.63, 3.8) is 0 Å². The largest absolute Gasteiger partial charge is 0.497 e. The lowest BCUT2D eigenvalue weighted by Crippen LogP contribution is -2.19. The number of thiophene rings is 1. The number of ether oxygens (including phenoxy) is 3. The van der Waals surface area contributed by atoms with Gasteiger partial charge in [-0.2, -0.15) is 0 Å². The van der Waals surface area contributed by atoms with Crippen molar-refractivity contribution < 1.29 is 23.8 Å². The van der Waals surface area contributed by atoms with E-state index in [9.17, 15) is 9.59 Å². The Hall–Kier alpha value is -2.89. The van der Waals surface area contributed by atoms with Crippen molar-refractivity contribution in [1.29, 1.82) is 0 Å². The van der Waals surface area contributed by atoms with Crippen LogP contribution < -0.4 is 10.1 Å². The summed E-state index contributed by atoms with van der Waals surface area (Å²) >= 11 is 2.60. The van der Waals surface area contributed by atoms with Crippen molar-refractivity contribution in [3.05, 3.63) is 41.0 Å². The smallest absolute Gasteiger partial charge is 0.341 e. The zero-order chi connectivity index (χ0) is 25.7. The van der Waals surface area contributed by atoms with E-state index < -0.39 is 5.97 Å². The average molecular weight is 531 g/mol. The number of nitrogens with zero attached hydrogens (tertiary/aromatic N) is 3. The van der Waals surface area contributed by atoms with E-state index in [0.29, 0.717) is 33.6 Å². The Kier molecular flexibility index (Phi) is 8.65. The number of aromatic nitrogens is 3. The lowest BCUT2D eigenvalue weighted by atomic mass is 10.0. The van der Waals surface area contributed by atoms with Crippen molar-refractivity contribution in [2.75, 3.05) is 31.9 Å². The van der Waals surface area contributed by atoms with Crippen molar-refractivity contribution in [2.24, 2.45) is 0 Å². The van der Waals surface area contributed by atoms with Gasteiger partial charge in [0.1, 0.15) is 22.1 Å². The van der Waals surface area contributed by atoms with Crippen LogP contribution in [-0.2, 0) is 20.8 Å². The summed E-state index contributed by atoms with van der Waals surface area (Å²) in [4.78, 5) is 25.5. The van der Waals surface area contributed by atoms with Crippen LogP contribution in [0.2, 0.25) is 0 Å². The van der Waals surface area contributed by atoms with Crippen LogP contribution in [0.4, 0.5) is 5.00 Å². The molecule has 0 bridgehead atoms. The Morgan fingerprint density at radius 2 is 2.03 bits per heavy atom. The number of nitrogens with one attached hydrogen (secondary N) is 1. The zero-order valence-corrected chi connectivity index (χ0v) is 22.4. The Morgan fingerprint density at radius 3 is 2.67 bits per heavy atom. The molecule has 1 unspecified atom stereocenters. The number of rotatable bonds is 10. The van der Waals surface area contributed by atoms with Crippen LogP contribution in [0, 0.1) is 0 Å². The summed E-state index contributed by atoms with van der Waals surface area (Å²) in [5.41, 5.74) is 1.84. The number of hydrogen-bond acceptors (Lipinski definition) is 9. The lowest BCUT2D eigenvalue weighted by Gasteiger charge is -2.16. The first-order chi connectivity index (χ1) is 17.4. The molecule has 0 aliphatic carbocycles. The van der Waals surface area contributed by atoms with Crippen molar-refractivity contribution >= 4 is 40.0 Å². The number of carbonyl (C=O) groups excluding carboxylic acids is 2. The third-order valence-electron chi connectivity index (χ3n) is 5.84. The van der Waals surface area contributed by atoms with Gasteiger partial charge in [-0.25, -0.2) is 4.79 Å². The van der Waals surface area contributed by atoms with Crippen molar-refractivity contribution in [2.45, 2.75) is 50.4 Å². The monoisotopic (exact) mass is 530 g/mol. The molecule has 1 atom stereocenters. The summed E-state index contributed by atoms with van der Waals surface area (Å²) in [6.45, 7) is 5.59. The number of benzene rings is 1. The molecule has 3 heterocycles. The number of esters is 1. The second-order valence-electron chi connectivity index (χ2n) is 8.65. The molecule has 9 nitrogen and oxygen atoms in total. The van der Waals surface area contributed by atoms with Gasteiger partial charge in [0, 0.05) is 23.5 Å². The molecule has 1 fully saturated rings. The van der Waals surface area contributed by atoms with Crippen LogP contribution in [0.15, 0.2) is 34.8 Å². The van der Waals surface area contributed by atoms with E-state index in [0.717, 1.165) is 30.8 Å². The average Bonchev–Trinajstić information content (AvgIpc) is 3.63. The Labute approximate surface area is 218 Å². The van der Waals surface area contributed by atoms with Gasteiger partial charge in [-0.3, -0.25) is 4.79 Å². The maximum absolute atomic E-state index is 12.9. The normalized spacial score (nSPS) is 15.3. The van der Waals surface area contributed by atoms with Crippen LogP contribution in [0.25, 0.3) is 11.1 Å². The standard InChI is InChI=1S/C25H30N4O5S2/c1-15(2)22-27-28-25(29(22)12-18-6-5-11-34-18)36-14-20(30)26-23-21(24(31)33-4)19(13-35-23)16-7-9-17(32-3)10-8-16/h7-10,13,15,18H,5-6,11-12,14H2,1-4H3,(H,26,30). The van der Waals surface area contributed by atoms with Gasteiger partial charge in [-0.05, 0) is 30.5 Å². The molecule has 2 aromatic heterocycles. The molecule has 192 valence electrons. The summed E-state index contributed by atoms with van der Waals surface area (Å²) < 4.78 is 18.1. The van der Waals surface area contributed by atoms with Crippen LogP contribution in [0.5, 0.6) is 5.75 Å². The summed E-state index contributed by atoms with van der Waals surface area (Å²) in [5.74, 6) is 1.16. The number of amides is 1. The van der Waals surface area contributed by atoms with Crippen molar-refractivity contribution in [3.8, 4) is 16.9 Å². The van der Waals surface area contributed by atoms with Crippen LogP contribution in [-0.4, -0.2) is 59.3 Å². The molecule has 36 heavy (non-hydrogen) atoms. The highest BCUT2D eigenvalue weighted by Gasteiger charge is 2.25. The highest BCUT2D eigenvalue weighted by Crippen LogP contribution is 2.37. The van der Waals surface area contributed by atoms with Gasteiger partial charge in [0.2, 0.25) is 5.91 Å². The fourth-order valence-electron chi connectivity index (χ4n) is 4.03. The minimum atomic E-state index is -0.511. The van der Waals surface area contributed by atoms with Gasteiger partial charge >= 0.3 is 5.97 Å². The molecule has 3 aromatic rings. The number of anilines is 1. The summed E-state index contributed by atoms with van der Waals surface area (Å²) in [5, 5.41) is 14.5. The molecule has 1 N–H and O–H groups in total. The van der Waals surface area contributed by atoms with Gasteiger partial charge in [-0.15, -0.1) is 21.5 Å². The summed E-state index contributed by atoms with van der Waals surface area (Å²) in [7, 11) is 2.92. The molecule has 1 aliphatic heterocycles. The molecule has 0 spiro atoms. The molecule has 1 amide bonds. The SMILES string of the molecule is COC(=O)c1c(-c2ccc(OC)cc2)csc1NC(=O)CSc1nnc(C(C)C)n1CC1CCCO1. The third kappa shape index (κ3) is 5.91. The molecule has 0 radical (unpaired) electrons. The van der Waals surface area contributed by atoms with E-state index in [1.165, 1.54) is 30.2 Å². The molecule has 1 aromatic carbocycles. The van der Waals surface area contributed by atoms with Gasteiger partial charge < -0.3 is 24.1 Å². The summed E-state index contributed by atoms with van der Waals surface area (Å²) in [6, 6.07) is 7.37. The number of carbonyl (C=O) groups is 2. The second-order valence-corrected chi connectivity index (χ2v) is 10.5. The van der Waals surface area contributed by atoms with E-state index in [2.05, 4.69) is 33.9 Å². The maximum atomic E-state index is 12.9. The van der Waals surface area contributed by atoms with Crippen LogP contribution >= 0.6 is 23.1 Å². The number of thioether (sulfide) groups is 1. The second kappa shape index (κ2) is 11.9.